The number of hydrogen-bond acceptors (Lipinski definition) is 1. The van der Waals surface area contributed by atoms with Gasteiger partial charge in [-0.05, 0) is 36.1 Å². The molecule has 1 aliphatic heterocycles. The van der Waals surface area contributed by atoms with Crippen LogP contribution >= 0.6 is 11.6 Å². The van der Waals surface area contributed by atoms with E-state index in [1.807, 2.05) is 12.1 Å². The second-order valence-electron chi connectivity index (χ2n) is 4.38. The molecule has 2 aromatic carbocycles. The van der Waals surface area contributed by atoms with Crippen LogP contribution in [0.25, 0.3) is 11.1 Å². The van der Waals surface area contributed by atoms with Crippen molar-refractivity contribution in [3.05, 3.63) is 53.1 Å². The minimum absolute atomic E-state index is 0.825. The molecule has 1 aliphatic rings. The molecule has 0 aliphatic carbocycles. The van der Waals surface area contributed by atoms with Gasteiger partial charge in [-0.25, -0.2) is 0 Å². The molecule has 0 amide bonds. The summed E-state index contributed by atoms with van der Waals surface area (Å²) in [5, 5.41) is 4.32. The Labute approximate surface area is 106 Å². The van der Waals surface area contributed by atoms with Gasteiger partial charge in [0.2, 0.25) is 0 Å². The van der Waals surface area contributed by atoms with Gasteiger partial charge in [-0.2, -0.15) is 0 Å². The number of rotatable bonds is 1. The van der Waals surface area contributed by atoms with Crippen LogP contribution in [0, 0.1) is 0 Å². The van der Waals surface area contributed by atoms with Crippen molar-refractivity contribution in [3.63, 3.8) is 0 Å². The molecule has 2 heteroatoms. The lowest BCUT2D eigenvalue weighted by Gasteiger charge is -2.22. The molecule has 2 aromatic rings. The topological polar surface area (TPSA) is 12.0 Å². The third-order valence-corrected chi connectivity index (χ3v) is 3.41. The minimum Gasteiger partial charge on any atom is -0.384 e. The van der Waals surface area contributed by atoms with Crippen molar-refractivity contribution in [2.24, 2.45) is 0 Å². The smallest absolute Gasteiger partial charge is 0.0453 e. The van der Waals surface area contributed by atoms with Crippen LogP contribution < -0.4 is 5.32 Å². The second-order valence-corrected chi connectivity index (χ2v) is 4.82. The van der Waals surface area contributed by atoms with Crippen LogP contribution in [0.4, 0.5) is 5.69 Å². The third-order valence-electron chi connectivity index (χ3n) is 3.19. The van der Waals surface area contributed by atoms with Crippen LogP contribution in [0.2, 0.25) is 5.02 Å². The van der Waals surface area contributed by atoms with E-state index in [1.54, 1.807) is 0 Å². The Morgan fingerprint density at radius 2 is 1.88 bits per heavy atom. The van der Waals surface area contributed by atoms with E-state index in [2.05, 4.69) is 35.6 Å². The van der Waals surface area contributed by atoms with E-state index in [1.165, 1.54) is 28.8 Å². The lowest BCUT2D eigenvalue weighted by molar-refractivity contribution is 0.831. The number of anilines is 1. The zero-order valence-electron chi connectivity index (χ0n) is 9.54. The van der Waals surface area contributed by atoms with Gasteiger partial charge in [0.05, 0.1) is 0 Å². The van der Waals surface area contributed by atoms with Gasteiger partial charge in [-0.15, -0.1) is 0 Å². The lowest BCUT2D eigenvalue weighted by Crippen LogP contribution is -2.12. The van der Waals surface area contributed by atoms with Crippen LogP contribution in [-0.2, 0) is 6.42 Å². The Balaban J connectivity index is 2.19. The first kappa shape index (κ1) is 10.7. The zero-order chi connectivity index (χ0) is 11.7. The Hall–Kier alpha value is -1.47. The fourth-order valence-corrected chi connectivity index (χ4v) is 2.65. The highest BCUT2D eigenvalue weighted by atomic mass is 35.5. The first-order valence-electron chi connectivity index (χ1n) is 5.96. The quantitative estimate of drug-likeness (QED) is 0.785. The molecule has 1 heterocycles. The molecule has 0 radical (unpaired) electrons. The Bertz CT molecular complexity index is 534. The molecular formula is C15H14ClN. The molecule has 1 nitrogen and oxygen atoms in total. The van der Waals surface area contributed by atoms with Gasteiger partial charge in [-0.1, -0.05) is 41.9 Å². The van der Waals surface area contributed by atoms with Crippen molar-refractivity contribution < 1.29 is 0 Å². The SMILES string of the molecule is Clc1cc2c(c(-c3ccccc3)c1)NCCC2. The lowest BCUT2D eigenvalue weighted by atomic mass is 9.95. The van der Waals surface area contributed by atoms with E-state index in [0.29, 0.717) is 0 Å². The summed E-state index contributed by atoms with van der Waals surface area (Å²) in [6, 6.07) is 14.5. The highest BCUT2D eigenvalue weighted by molar-refractivity contribution is 6.31. The molecule has 3 rings (SSSR count). The minimum atomic E-state index is 0.825. The van der Waals surface area contributed by atoms with Crippen molar-refractivity contribution in [2.45, 2.75) is 12.8 Å². The van der Waals surface area contributed by atoms with E-state index in [0.717, 1.165) is 18.0 Å². The van der Waals surface area contributed by atoms with Crippen LogP contribution in [0.5, 0.6) is 0 Å². The molecule has 0 fully saturated rings. The molecular weight excluding hydrogens is 230 g/mol. The summed E-state index contributed by atoms with van der Waals surface area (Å²) in [6.45, 7) is 1.05. The summed E-state index contributed by atoms with van der Waals surface area (Å²) >= 11 is 6.20. The first-order chi connectivity index (χ1) is 8.34. The van der Waals surface area contributed by atoms with Gasteiger partial charge < -0.3 is 5.32 Å². The number of fused-ring (bicyclic) bond motifs is 1. The van der Waals surface area contributed by atoms with Crippen LogP contribution in [0.1, 0.15) is 12.0 Å². The normalized spacial score (nSPS) is 13.9. The van der Waals surface area contributed by atoms with Gasteiger partial charge in [0.1, 0.15) is 0 Å². The largest absolute Gasteiger partial charge is 0.384 e. The van der Waals surface area contributed by atoms with Crippen molar-refractivity contribution in [3.8, 4) is 11.1 Å². The third kappa shape index (κ3) is 2.03. The fourth-order valence-electron chi connectivity index (χ4n) is 2.41. The van der Waals surface area contributed by atoms with Crippen LogP contribution in [0.15, 0.2) is 42.5 Å². The Morgan fingerprint density at radius 3 is 2.71 bits per heavy atom. The van der Waals surface area contributed by atoms with Crippen molar-refractivity contribution >= 4 is 17.3 Å². The number of benzene rings is 2. The summed E-state index contributed by atoms with van der Waals surface area (Å²) in [4.78, 5) is 0. The standard InChI is InChI=1S/C15H14ClN/c16-13-9-12-7-4-8-17-15(12)14(10-13)11-5-2-1-3-6-11/h1-3,5-6,9-10,17H,4,7-8H2. The van der Waals surface area contributed by atoms with Crippen LogP contribution in [-0.4, -0.2) is 6.54 Å². The number of hydrogen-bond donors (Lipinski definition) is 1. The molecule has 0 atom stereocenters. The number of nitrogens with one attached hydrogen (secondary N) is 1. The second kappa shape index (κ2) is 4.42. The highest BCUT2D eigenvalue weighted by Gasteiger charge is 2.14. The van der Waals surface area contributed by atoms with Gasteiger partial charge in [0, 0.05) is 22.8 Å². The summed E-state index contributed by atoms with van der Waals surface area (Å²) in [7, 11) is 0. The van der Waals surface area contributed by atoms with Gasteiger partial charge in [0.25, 0.3) is 0 Å². The highest BCUT2D eigenvalue weighted by Crippen LogP contribution is 2.36. The zero-order valence-corrected chi connectivity index (χ0v) is 10.3. The molecule has 1 N–H and O–H groups in total. The fraction of sp³-hybridized carbons (Fsp3) is 0.200. The molecule has 0 spiro atoms. The number of halogens is 1. The molecule has 17 heavy (non-hydrogen) atoms. The summed E-state index contributed by atoms with van der Waals surface area (Å²) < 4.78 is 0. The summed E-state index contributed by atoms with van der Waals surface area (Å²) in [5.41, 5.74) is 5.03. The molecule has 0 aromatic heterocycles. The average Bonchev–Trinajstić information content (AvgIpc) is 2.39. The van der Waals surface area contributed by atoms with E-state index in [4.69, 9.17) is 11.6 Å². The first-order valence-corrected chi connectivity index (χ1v) is 6.34. The molecule has 0 unspecified atom stereocenters. The maximum Gasteiger partial charge on any atom is 0.0453 e. The van der Waals surface area contributed by atoms with E-state index < -0.39 is 0 Å². The van der Waals surface area contributed by atoms with E-state index in [-0.39, 0.29) is 0 Å². The maximum atomic E-state index is 6.20. The molecule has 0 saturated heterocycles. The van der Waals surface area contributed by atoms with Crippen molar-refractivity contribution in [2.75, 3.05) is 11.9 Å². The predicted octanol–water partition coefficient (Wildman–Crippen LogP) is 4.37. The Kier molecular flexibility index (Phi) is 2.77. The molecule has 0 saturated carbocycles. The monoisotopic (exact) mass is 243 g/mol. The van der Waals surface area contributed by atoms with Crippen molar-refractivity contribution in [1.29, 1.82) is 0 Å². The van der Waals surface area contributed by atoms with Gasteiger partial charge >= 0.3 is 0 Å². The van der Waals surface area contributed by atoms with E-state index in [9.17, 15) is 0 Å². The summed E-state index contributed by atoms with van der Waals surface area (Å²) in [6.07, 6.45) is 2.30. The van der Waals surface area contributed by atoms with E-state index >= 15 is 0 Å². The Morgan fingerprint density at radius 1 is 1.06 bits per heavy atom. The van der Waals surface area contributed by atoms with Crippen LogP contribution in [0.3, 0.4) is 0 Å². The maximum absolute atomic E-state index is 6.20. The molecule has 86 valence electrons. The van der Waals surface area contributed by atoms with Gasteiger partial charge in [-0.3, -0.25) is 0 Å². The predicted molar refractivity (Wildman–Crippen MR) is 73.7 cm³/mol. The average molecular weight is 244 g/mol. The van der Waals surface area contributed by atoms with Gasteiger partial charge in [0.15, 0.2) is 0 Å². The molecule has 0 bridgehead atoms. The van der Waals surface area contributed by atoms with Crippen molar-refractivity contribution in [1.82, 2.24) is 0 Å². The number of aryl methyl sites for hydroxylation is 1. The summed E-state index contributed by atoms with van der Waals surface area (Å²) in [5.74, 6) is 0.